The molecule has 0 spiro atoms. The normalized spacial score (nSPS) is 29.2. The highest BCUT2D eigenvalue weighted by Crippen LogP contribution is 2.52. The number of hydrogen-bond acceptors (Lipinski definition) is 2. The van der Waals surface area contributed by atoms with Gasteiger partial charge in [0.1, 0.15) is 5.82 Å². The van der Waals surface area contributed by atoms with Crippen molar-refractivity contribution in [1.82, 2.24) is 9.97 Å². The van der Waals surface area contributed by atoms with Crippen molar-refractivity contribution in [3.63, 3.8) is 0 Å². The fourth-order valence-electron chi connectivity index (χ4n) is 3.92. The molecule has 3 atom stereocenters. The molecular weight excluding hydrogens is 240 g/mol. The number of carbonyl (C=O) groups is 1. The van der Waals surface area contributed by atoms with Gasteiger partial charge >= 0.3 is 5.97 Å². The summed E-state index contributed by atoms with van der Waals surface area (Å²) in [5.41, 5.74) is 2.04. The predicted molar refractivity (Wildman–Crippen MR) is 71.2 cm³/mol. The lowest BCUT2D eigenvalue weighted by Gasteiger charge is -2.18. The van der Waals surface area contributed by atoms with Crippen LogP contribution < -0.4 is 0 Å². The highest BCUT2D eigenvalue weighted by molar-refractivity contribution is 5.92. The minimum Gasteiger partial charge on any atom is -0.478 e. The summed E-state index contributed by atoms with van der Waals surface area (Å²) in [6.07, 6.45) is 5.30. The van der Waals surface area contributed by atoms with Crippen LogP contribution in [0.5, 0.6) is 0 Å². The molecule has 3 unspecified atom stereocenters. The maximum absolute atomic E-state index is 11.0. The Kier molecular flexibility index (Phi) is 2.22. The van der Waals surface area contributed by atoms with E-state index in [1.165, 1.54) is 25.7 Å². The number of carboxylic acid groups (broad SMARTS) is 1. The first kappa shape index (κ1) is 11.0. The van der Waals surface area contributed by atoms with E-state index in [0.717, 1.165) is 28.7 Å². The first-order chi connectivity index (χ1) is 9.20. The quantitative estimate of drug-likeness (QED) is 0.867. The Hall–Kier alpha value is -1.84. The first-order valence-electron chi connectivity index (χ1n) is 6.93. The highest BCUT2D eigenvalue weighted by atomic mass is 16.4. The average Bonchev–Trinajstić information content (AvgIpc) is 3.11. The lowest BCUT2D eigenvalue weighted by atomic mass is 9.88. The number of benzene rings is 1. The summed E-state index contributed by atoms with van der Waals surface area (Å²) in [6, 6.07) is 5.10. The van der Waals surface area contributed by atoms with Crippen LogP contribution in [0.2, 0.25) is 0 Å². The second-order valence-corrected chi connectivity index (χ2v) is 5.94. The lowest BCUT2D eigenvalue weighted by molar-refractivity contribution is 0.0697. The second kappa shape index (κ2) is 3.83. The number of aromatic amines is 1. The molecule has 2 saturated carbocycles. The molecule has 2 bridgehead atoms. The van der Waals surface area contributed by atoms with Crippen molar-refractivity contribution >= 4 is 17.0 Å². The number of rotatable bonds is 2. The number of aromatic carboxylic acids is 1. The number of imidazole rings is 1. The van der Waals surface area contributed by atoms with Crippen molar-refractivity contribution in [1.29, 1.82) is 0 Å². The molecule has 4 rings (SSSR count). The Morgan fingerprint density at radius 3 is 2.89 bits per heavy atom. The topological polar surface area (TPSA) is 66.0 Å². The number of carboxylic acids is 1. The van der Waals surface area contributed by atoms with Gasteiger partial charge in [-0.3, -0.25) is 0 Å². The SMILES string of the molecule is O=C(O)c1ccc2nc(C3CC4CCC3C4)[nH]c2c1. The van der Waals surface area contributed by atoms with Crippen LogP contribution in [-0.2, 0) is 0 Å². The number of nitrogens with one attached hydrogen (secondary N) is 1. The van der Waals surface area contributed by atoms with Gasteiger partial charge in [0.05, 0.1) is 16.6 Å². The van der Waals surface area contributed by atoms with Gasteiger partial charge in [0.15, 0.2) is 0 Å². The van der Waals surface area contributed by atoms with Crippen LogP contribution in [0.3, 0.4) is 0 Å². The Labute approximate surface area is 110 Å². The highest BCUT2D eigenvalue weighted by Gasteiger charge is 2.41. The summed E-state index contributed by atoms with van der Waals surface area (Å²) in [7, 11) is 0. The molecule has 4 heteroatoms. The van der Waals surface area contributed by atoms with Gasteiger partial charge in [0.2, 0.25) is 0 Å². The van der Waals surface area contributed by atoms with E-state index in [4.69, 9.17) is 5.11 Å². The van der Waals surface area contributed by atoms with Crippen LogP contribution in [0.1, 0.15) is 47.8 Å². The van der Waals surface area contributed by atoms with Gasteiger partial charge in [0.25, 0.3) is 0 Å². The maximum Gasteiger partial charge on any atom is 0.335 e. The summed E-state index contributed by atoms with van der Waals surface area (Å²) in [5.74, 6) is 2.39. The molecule has 0 saturated heterocycles. The minimum atomic E-state index is -0.891. The Bertz CT molecular complexity index is 661. The number of fused-ring (bicyclic) bond motifs is 3. The molecule has 1 heterocycles. The zero-order valence-electron chi connectivity index (χ0n) is 10.6. The van der Waals surface area contributed by atoms with E-state index in [9.17, 15) is 4.79 Å². The van der Waals surface area contributed by atoms with Crippen molar-refractivity contribution in [3.05, 3.63) is 29.6 Å². The van der Waals surface area contributed by atoms with Gasteiger partial charge in [-0.2, -0.15) is 0 Å². The van der Waals surface area contributed by atoms with Gasteiger partial charge in [-0.25, -0.2) is 9.78 Å². The summed E-state index contributed by atoms with van der Waals surface area (Å²) >= 11 is 0. The van der Waals surface area contributed by atoms with E-state index in [1.807, 2.05) is 0 Å². The molecule has 0 radical (unpaired) electrons. The van der Waals surface area contributed by atoms with Crippen LogP contribution in [-0.4, -0.2) is 21.0 Å². The van der Waals surface area contributed by atoms with Gasteiger partial charge in [-0.05, 0) is 49.3 Å². The number of nitrogens with zero attached hydrogens (tertiary/aromatic N) is 1. The second-order valence-electron chi connectivity index (χ2n) is 5.94. The molecular formula is C15H16N2O2. The Balaban J connectivity index is 1.73. The molecule has 0 amide bonds. The molecule has 4 nitrogen and oxygen atoms in total. The average molecular weight is 256 g/mol. The summed E-state index contributed by atoms with van der Waals surface area (Å²) in [5, 5.41) is 9.01. The summed E-state index contributed by atoms with van der Waals surface area (Å²) in [4.78, 5) is 19.0. The fourth-order valence-corrected chi connectivity index (χ4v) is 3.92. The number of H-pyrrole nitrogens is 1. The molecule has 2 aliphatic carbocycles. The lowest BCUT2D eigenvalue weighted by Crippen LogP contribution is -2.09. The first-order valence-corrected chi connectivity index (χ1v) is 6.93. The molecule has 2 aromatic rings. The van der Waals surface area contributed by atoms with Gasteiger partial charge in [0, 0.05) is 5.92 Å². The maximum atomic E-state index is 11.0. The van der Waals surface area contributed by atoms with Crippen molar-refractivity contribution in [3.8, 4) is 0 Å². The Morgan fingerprint density at radius 2 is 2.21 bits per heavy atom. The van der Waals surface area contributed by atoms with E-state index in [2.05, 4.69) is 9.97 Å². The summed E-state index contributed by atoms with van der Waals surface area (Å²) in [6.45, 7) is 0. The van der Waals surface area contributed by atoms with Crippen LogP contribution in [0, 0.1) is 11.8 Å². The molecule has 19 heavy (non-hydrogen) atoms. The van der Waals surface area contributed by atoms with Crippen molar-refractivity contribution in [2.45, 2.75) is 31.6 Å². The third-order valence-corrected chi connectivity index (χ3v) is 4.84. The number of hydrogen-bond donors (Lipinski definition) is 2. The number of aromatic nitrogens is 2. The van der Waals surface area contributed by atoms with Gasteiger partial charge in [-0.1, -0.05) is 6.42 Å². The molecule has 2 N–H and O–H groups in total. The van der Waals surface area contributed by atoms with E-state index >= 15 is 0 Å². The zero-order valence-corrected chi connectivity index (χ0v) is 10.6. The standard InChI is InChI=1S/C15H16N2O2/c18-15(19)10-3-4-12-13(7-10)17-14(16-12)11-6-8-1-2-9(11)5-8/h3-4,7-9,11H,1-2,5-6H2,(H,16,17)(H,18,19). The molecule has 98 valence electrons. The molecule has 2 fully saturated rings. The van der Waals surface area contributed by atoms with Crippen LogP contribution in [0.25, 0.3) is 11.0 Å². The predicted octanol–water partition coefficient (Wildman–Crippen LogP) is 3.16. The van der Waals surface area contributed by atoms with E-state index in [-0.39, 0.29) is 0 Å². The van der Waals surface area contributed by atoms with Crippen molar-refractivity contribution in [2.24, 2.45) is 11.8 Å². The zero-order chi connectivity index (χ0) is 13.0. The van der Waals surface area contributed by atoms with E-state index < -0.39 is 5.97 Å². The fraction of sp³-hybridized carbons (Fsp3) is 0.467. The van der Waals surface area contributed by atoms with Crippen molar-refractivity contribution < 1.29 is 9.90 Å². The smallest absolute Gasteiger partial charge is 0.335 e. The van der Waals surface area contributed by atoms with Crippen LogP contribution in [0.15, 0.2) is 18.2 Å². The van der Waals surface area contributed by atoms with E-state index in [1.54, 1.807) is 18.2 Å². The van der Waals surface area contributed by atoms with E-state index in [0.29, 0.717) is 11.5 Å². The van der Waals surface area contributed by atoms with Crippen LogP contribution in [0.4, 0.5) is 0 Å². The molecule has 1 aromatic heterocycles. The molecule has 1 aromatic carbocycles. The van der Waals surface area contributed by atoms with Gasteiger partial charge in [-0.15, -0.1) is 0 Å². The largest absolute Gasteiger partial charge is 0.478 e. The molecule has 0 aliphatic heterocycles. The third kappa shape index (κ3) is 1.66. The monoisotopic (exact) mass is 256 g/mol. The van der Waals surface area contributed by atoms with Crippen molar-refractivity contribution in [2.75, 3.05) is 0 Å². The molecule has 2 aliphatic rings. The van der Waals surface area contributed by atoms with Crippen LogP contribution >= 0.6 is 0 Å². The Morgan fingerprint density at radius 1 is 1.32 bits per heavy atom. The summed E-state index contributed by atoms with van der Waals surface area (Å²) < 4.78 is 0. The third-order valence-electron chi connectivity index (χ3n) is 4.84. The minimum absolute atomic E-state index is 0.315. The van der Waals surface area contributed by atoms with Gasteiger partial charge < -0.3 is 10.1 Å².